The molecular formula is C24H30N7O4+. The van der Waals surface area contributed by atoms with E-state index in [4.69, 9.17) is 9.47 Å². The molecule has 2 atom stereocenters. The highest BCUT2D eigenvalue weighted by Crippen LogP contribution is 2.33. The zero-order chi connectivity index (χ0) is 24.7. The lowest BCUT2D eigenvalue weighted by Crippen LogP contribution is -2.48. The molecular weight excluding hydrogens is 450 g/mol. The number of anilines is 3. The first kappa shape index (κ1) is 23.2. The van der Waals surface area contributed by atoms with Gasteiger partial charge in [-0.05, 0) is 31.4 Å². The number of methoxy groups -OCH3 is 2. The quantitative estimate of drug-likeness (QED) is 0.372. The first-order valence-corrected chi connectivity index (χ1v) is 11.7. The van der Waals surface area contributed by atoms with Gasteiger partial charge in [0.1, 0.15) is 18.5 Å². The maximum Gasteiger partial charge on any atom is 0.439 e. The Kier molecular flexibility index (Phi) is 6.12. The summed E-state index contributed by atoms with van der Waals surface area (Å²) in [5.74, 6) is 0.108. The lowest BCUT2D eigenvalue weighted by atomic mass is 9.88. The number of rotatable bonds is 8. The van der Waals surface area contributed by atoms with Gasteiger partial charge in [-0.3, -0.25) is 4.79 Å². The third-order valence-electron chi connectivity index (χ3n) is 7.13. The molecule has 3 aromatic rings. The number of nitrogens with zero attached hydrogens (tertiary/aromatic N) is 5. The van der Waals surface area contributed by atoms with Crippen molar-refractivity contribution in [1.29, 1.82) is 0 Å². The minimum atomic E-state index is -0.296. The smallest absolute Gasteiger partial charge is 0.385 e. The van der Waals surface area contributed by atoms with Crippen molar-refractivity contribution in [2.24, 2.45) is 0 Å². The number of carbonyl (C=O) groups is 1. The zero-order valence-corrected chi connectivity index (χ0v) is 20.1. The van der Waals surface area contributed by atoms with Gasteiger partial charge in [0.05, 0.1) is 18.0 Å². The molecule has 0 aromatic carbocycles. The van der Waals surface area contributed by atoms with Gasteiger partial charge in [0.25, 0.3) is 5.56 Å². The van der Waals surface area contributed by atoms with Crippen LogP contribution in [0.15, 0.2) is 35.4 Å². The summed E-state index contributed by atoms with van der Waals surface area (Å²) in [6, 6.07) is 5.33. The van der Waals surface area contributed by atoms with Crippen LogP contribution in [0.5, 0.6) is 0 Å². The van der Waals surface area contributed by atoms with Gasteiger partial charge < -0.3 is 24.7 Å². The van der Waals surface area contributed by atoms with Gasteiger partial charge >= 0.3 is 5.91 Å². The van der Waals surface area contributed by atoms with Crippen LogP contribution in [0.2, 0.25) is 0 Å². The Labute approximate surface area is 202 Å². The zero-order valence-electron chi connectivity index (χ0n) is 20.1. The predicted octanol–water partition coefficient (Wildman–Crippen LogP) is 2.06. The number of imidazole rings is 1. The highest BCUT2D eigenvalue weighted by Gasteiger charge is 2.43. The van der Waals surface area contributed by atoms with E-state index in [1.807, 2.05) is 6.07 Å². The predicted molar refractivity (Wildman–Crippen MR) is 131 cm³/mol. The van der Waals surface area contributed by atoms with Crippen LogP contribution in [0, 0.1) is 0 Å². The molecule has 2 aliphatic rings. The molecule has 0 saturated heterocycles. The Bertz CT molecular complexity index is 1340. The van der Waals surface area contributed by atoms with E-state index in [0.717, 1.165) is 25.7 Å². The van der Waals surface area contributed by atoms with Gasteiger partial charge in [-0.2, -0.15) is 9.09 Å². The minimum absolute atomic E-state index is 0.0243. The molecule has 3 heterocycles. The average molecular weight is 481 g/mol. The molecule has 0 unspecified atom stereocenters. The van der Waals surface area contributed by atoms with E-state index in [1.165, 1.54) is 15.3 Å². The largest absolute Gasteiger partial charge is 0.439 e. The summed E-state index contributed by atoms with van der Waals surface area (Å²) >= 11 is 0. The van der Waals surface area contributed by atoms with Crippen molar-refractivity contribution in [3.05, 3.63) is 46.6 Å². The molecule has 184 valence electrons. The molecule has 1 amide bonds. The number of carbonyl (C=O) groups excluding carboxylic acids is 1. The summed E-state index contributed by atoms with van der Waals surface area (Å²) in [7, 11) is 5.09. The van der Waals surface area contributed by atoms with Gasteiger partial charge in [-0.25, -0.2) is 9.78 Å². The van der Waals surface area contributed by atoms with E-state index in [0.29, 0.717) is 22.8 Å². The third kappa shape index (κ3) is 4.00. The summed E-state index contributed by atoms with van der Waals surface area (Å²) in [5, 5.41) is 10.8. The standard InChI is InChI=1S/C24H30N7O4/c1-25-17-12-21(27-16-6-5-9-30(23(16)32)14-10-15(11-14)34-3)28-31-19(13-26-22(17)31)24(33)29(2)18-7-8-20(18)35-4/h5-6,9,12-15,18,20,25H,2,7-8,10-11H2,1,3-4H3,(H,27,28)/q+1/t14?,15?,18-,20-/m1/s1. The van der Waals surface area contributed by atoms with Crippen molar-refractivity contribution in [3.8, 4) is 0 Å². The number of ether oxygens (including phenoxy) is 2. The van der Waals surface area contributed by atoms with Crippen LogP contribution in [0.4, 0.5) is 17.2 Å². The van der Waals surface area contributed by atoms with Crippen LogP contribution in [-0.2, 0) is 9.47 Å². The highest BCUT2D eigenvalue weighted by atomic mass is 16.5. The van der Waals surface area contributed by atoms with Gasteiger partial charge in [0.15, 0.2) is 17.5 Å². The number of amides is 1. The van der Waals surface area contributed by atoms with Gasteiger partial charge in [0.2, 0.25) is 5.69 Å². The van der Waals surface area contributed by atoms with Crippen molar-refractivity contribution in [1.82, 2.24) is 19.2 Å². The molecule has 0 bridgehead atoms. The monoisotopic (exact) mass is 480 g/mol. The molecule has 3 aromatic heterocycles. The fraction of sp³-hybridized carbons (Fsp3) is 0.458. The van der Waals surface area contributed by atoms with E-state index in [-0.39, 0.29) is 41.5 Å². The maximum atomic E-state index is 13.3. The van der Waals surface area contributed by atoms with Crippen LogP contribution in [0.25, 0.3) is 5.65 Å². The number of nitrogens with one attached hydrogen (secondary N) is 2. The van der Waals surface area contributed by atoms with Crippen LogP contribution in [-0.4, -0.2) is 75.9 Å². The Hall–Kier alpha value is -3.57. The maximum absolute atomic E-state index is 13.3. The molecule has 0 aliphatic heterocycles. The van der Waals surface area contributed by atoms with Crippen molar-refractivity contribution in [2.45, 2.75) is 50.0 Å². The number of aromatic nitrogens is 4. The van der Waals surface area contributed by atoms with Gasteiger partial charge in [0, 0.05) is 46.0 Å². The Morgan fingerprint density at radius 1 is 1.23 bits per heavy atom. The molecule has 0 spiro atoms. The van der Waals surface area contributed by atoms with E-state index >= 15 is 0 Å². The van der Waals surface area contributed by atoms with Gasteiger partial charge in [-0.15, -0.1) is 5.10 Å². The van der Waals surface area contributed by atoms with Crippen LogP contribution >= 0.6 is 0 Å². The molecule has 5 rings (SSSR count). The van der Waals surface area contributed by atoms with Crippen LogP contribution in [0.1, 0.15) is 42.2 Å². The normalized spacial score (nSPS) is 23.4. The van der Waals surface area contributed by atoms with E-state index in [2.05, 4.69) is 27.4 Å². The summed E-state index contributed by atoms with van der Waals surface area (Å²) in [6.45, 7) is 3.97. The molecule has 11 heteroatoms. The second-order valence-corrected chi connectivity index (χ2v) is 9.01. The second-order valence-electron chi connectivity index (χ2n) is 9.01. The number of fused-ring (bicyclic) bond motifs is 1. The molecule has 2 fully saturated rings. The molecule has 11 nitrogen and oxygen atoms in total. The molecule has 2 N–H and O–H groups in total. The first-order valence-electron chi connectivity index (χ1n) is 11.7. The van der Waals surface area contributed by atoms with Crippen LogP contribution in [0.3, 0.4) is 0 Å². The average Bonchev–Trinajstić information content (AvgIpc) is 3.23. The Morgan fingerprint density at radius 2 is 2.03 bits per heavy atom. The first-order chi connectivity index (χ1) is 16.9. The second kappa shape index (κ2) is 9.23. The fourth-order valence-electron chi connectivity index (χ4n) is 4.73. The Balaban J connectivity index is 1.46. The summed E-state index contributed by atoms with van der Waals surface area (Å²) in [4.78, 5) is 30.8. The van der Waals surface area contributed by atoms with Gasteiger partial charge in [-0.1, -0.05) is 0 Å². The lowest BCUT2D eigenvalue weighted by molar-refractivity contribution is -0.497. The SMILES string of the molecule is C=[N+](C(=O)c1cnc2c(NC)cc(Nc3cccn(C4CC(OC)C4)c3=O)nn12)[C@@H]1CC[C@H]1OC. The van der Waals surface area contributed by atoms with E-state index in [1.54, 1.807) is 44.2 Å². The minimum Gasteiger partial charge on any atom is -0.385 e. The number of hydrogen-bond donors (Lipinski definition) is 2. The Morgan fingerprint density at radius 3 is 2.69 bits per heavy atom. The third-order valence-corrected chi connectivity index (χ3v) is 7.13. The van der Waals surface area contributed by atoms with Crippen molar-refractivity contribution < 1.29 is 18.8 Å². The van der Waals surface area contributed by atoms with Crippen LogP contribution < -0.4 is 16.2 Å². The lowest BCUT2D eigenvalue weighted by Gasteiger charge is -2.35. The number of hydrogen-bond acceptors (Lipinski definition) is 8. The molecule has 2 saturated carbocycles. The summed E-state index contributed by atoms with van der Waals surface area (Å²) in [6.07, 6.45) is 6.79. The molecule has 35 heavy (non-hydrogen) atoms. The highest BCUT2D eigenvalue weighted by molar-refractivity contribution is 5.89. The molecule has 2 aliphatic carbocycles. The van der Waals surface area contributed by atoms with E-state index < -0.39 is 0 Å². The topological polar surface area (TPSA) is 115 Å². The fourth-order valence-corrected chi connectivity index (χ4v) is 4.73. The number of pyridine rings is 1. The molecule has 0 radical (unpaired) electrons. The van der Waals surface area contributed by atoms with Crippen molar-refractivity contribution in [2.75, 3.05) is 31.9 Å². The summed E-state index contributed by atoms with van der Waals surface area (Å²) in [5.41, 5.74) is 1.70. The van der Waals surface area contributed by atoms with Crippen molar-refractivity contribution in [3.63, 3.8) is 0 Å². The summed E-state index contributed by atoms with van der Waals surface area (Å²) < 4.78 is 15.4. The van der Waals surface area contributed by atoms with Crippen molar-refractivity contribution >= 4 is 35.5 Å². The van der Waals surface area contributed by atoms with E-state index in [9.17, 15) is 9.59 Å².